The van der Waals surface area contributed by atoms with Crippen molar-refractivity contribution in [3.63, 3.8) is 0 Å². The van der Waals surface area contributed by atoms with Gasteiger partial charge < -0.3 is 5.32 Å². The quantitative estimate of drug-likeness (QED) is 0.474. The summed E-state index contributed by atoms with van der Waals surface area (Å²) in [6.07, 6.45) is 3.29. The molecule has 1 amide bonds. The van der Waals surface area contributed by atoms with Gasteiger partial charge in [-0.25, -0.2) is 9.97 Å². The molecule has 0 saturated carbocycles. The van der Waals surface area contributed by atoms with Crippen LogP contribution in [0.15, 0.2) is 78.0 Å². The first-order valence-electron chi connectivity index (χ1n) is 10.3. The molecule has 5 aromatic rings. The van der Waals surface area contributed by atoms with Crippen LogP contribution in [0.3, 0.4) is 0 Å². The lowest BCUT2D eigenvalue weighted by Gasteiger charge is -2.10. The molecule has 0 bridgehead atoms. The Bertz CT molecular complexity index is 1530. The lowest BCUT2D eigenvalue weighted by atomic mass is 10.1. The van der Waals surface area contributed by atoms with Crippen LogP contribution in [0.5, 0.6) is 0 Å². The number of carbonyl (C=O) groups excluding carboxylic acids is 1. The number of aromatic nitrogens is 4. The maximum absolute atomic E-state index is 13.0. The molecule has 7 nitrogen and oxygen atoms in total. The molecule has 158 valence electrons. The van der Waals surface area contributed by atoms with Gasteiger partial charge in [0.25, 0.3) is 5.56 Å². The first-order valence-corrected chi connectivity index (χ1v) is 10.3. The lowest BCUT2D eigenvalue weighted by molar-refractivity contribution is -0.116. The van der Waals surface area contributed by atoms with Crippen molar-refractivity contribution in [3.05, 3.63) is 94.7 Å². The molecule has 0 aliphatic heterocycles. The number of amides is 1. The summed E-state index contributed by atoms with van der Waals surface area (Å²) in [5.41, 5.74) is 4.66. The van der Waals surface area contributed by atoms with Gasteiger partial charge in [-0.1, -0.05) is 48.5 Å². The monoisotopic (exact) mass is 423 g/mol. The summed E-state index contributed by atoms with van der Waals surface area (Å²) in [5, 5.41) is 3.46. The molecule has 0 unspecified atom stereocenters. The van der Waals surface area contributed by atoms with E-state index in [1.165, 1.54) is 10.9 Å². The summed E-state index contributed by atoms with van der Waals surface area (Å²) in [6.45, 7) is 3.73. The van der Waals surface area contributed by atoms with Gasteiger partial charge in [0, 0.05) is 11.8 Å². The molecule has 0 aliphatic rings. The number of benzene rings is 2. The number of nitrogens with zero attached hydrogens (tertiary/aromatic N) is 4. The van der Waals surface area contributed by atoms with Gasteiger partial charge in [0.1, 0.15) is 23.7 Å². The van der Waals surface area contributed by atoms with Gasteiger partial charge in [-0.3, -0.25) is 18.6 Å². The van der Waals surface area contributed by atoms with Crippen LogP contribution in [0.4, 0.5) is 5.82 Å². The van der Waals surface area contributed by atoms with Crippen LogP contribution in [0.2, 0.25) is 0 Å². The maximum atomic E-state index is 13.0. The Balaban J connectivity index is 1.53. The number of rotatable bonds is 4. The van der Waals surface area contributed by atoms with Crippen molar-refractivity contribution in [1.82, 2.24) is 18.9 Å². The van der Waals surface area contributed by atoms with Gasteiger partial charge in [-0.15, -0.1) is 0 Å². The van der Waals surface area contributed by atoms with Gasteiger partial charge >= 0.3 is 0 Å². The average molecular weight is 423 g/mol. The van der Waals surface area contributed by atoms with Crippen LogP contribution in [0, 0.1) is 13.8 Å². The highest BCUT2D eigenvalue weighted by atomic mass is 16.2. The Kier molecular flexibility index (Phi) is 4.78. The van der Waals surface area contributed by atoms with Crippen LogP contribution in [-0.4, -0.2) is 24.8 Å². The Morgan fingerprint density at radius 2 is 1.75 bits per heavy atom. The zero-order chi connectivity index (χ0) is 22.2. The number of hydrogen-bond donors (Lipinski definition) is 1. The summed E-state index contributed by atoms with van der Waals surface area (Å²) in [7, 11) is 0. The van der Waals surface area contributed by atoms with E-state index in [0.717, 1.165) is 22.3 Å². The molecule has 2 aromatic carbocycles. The molecule has 3 aromatic heterocycles. The molecule has 0 radical (unpaired) electrons. The van der Waals surface area contributed by atoms with Crippen molar-refractivity contribution >= 4 is 28.3 Å². The van der Waals surface area contributed by atoms with E-state index in [1.54, 1.807) is 6.07 Å². The van der Waals surface area contributed by atoms with Crippen molar-refractivity contribution in [1.29, 1.82) is 0 Å². The highest BCUT2D eigenvalue weighted by Gasteiger charge is 2.18. The molecule has 0 fully saturated rings. The molecular formula is C25H21N5O2. The number of carbonyl (C=O) groups is 1. The molecule has 0 atom stereocenters. The van der Waals surface area contributed by atoms with E-state index in [1.807, 2.05) is 79.0 Å². The fourth-order valence-electron chi connectivity index (χ4n) is 3.90. The molecule has 7 heteroatoms. The van der Waals surface area contributed by atoms with Crippen LogP contribution >= 0.6 is 0 Å². The first-order chi connectivity index (χ1) is 15.5. The highest BCUT2D eigenvalue weighted by Crippen LogP contribution is 2.29. The average Bonchev–Trinajstić information content (AvgIpc) is 3.16. The fraction of sp³-hybridized carbons (Fsp3) is 0.120. The van der Waals surface area contributed by atoms with Crippen molar-refractivity contribution in [2.45, 2.75) is 20.4 Å². The van der Waals surface area contributed by atoms with Crippen molar-refractivity contribution in [3.8, 4) is 11.3 Å². The number of aryl methyl sites for hydroxylation is 2. The molecule has 3 heterocycles. The number of pyridine rings is 1. The third-order valence-corrected chi connectivity index (χ3v) is 5.52. The lowest BCUT2D eigenvalue weighted by Crippen LogP contribution is -2.28. The predicted molar refractivity (Wildman–Crippen MR) is 125 cm³/mol. The smallest absolute Gasteiger partial charge is 0.261 e. The Morgan fingerprint density at radius 1 is 0.969 bits per heavy atom. The third-order valence-electron chi connectivity index (χ3n) is 5.52. The largest absolute Gasteiger partial charge is 0.308 e. The zero-order valence-electron chi connectivity index (χ0n) is 17.7. The van der Waals surface area contributed by atoms with Gasteiger partial charge in [0.15, 0.2) is 0 Å². The summed E-state index contributed by atoms with van der Waals surface area (Å²) >= 11 is 0. The Morgan fingerprint density at radius 3 is 2.56 bits per heavy atom. The zero-order valence-corrected chi connectivity index (χ0v) is 17.7. The number of nitrogens with one attached hydrogen (secondary N) is 1. The SMILES string of the molecule is Cc1cccc2c(=O)n(CC(=O)Nc3c(-c4ccccc4)nc4c(C)cccn34)cnc12. The predicted octanol–water partition coefficient (Wildman–Crippen LogP) is 3.97. The minimum atomic E-state index is -0.332. The van der Waals surface area contributed by atoms with E-state index in [-0.39, 0.29) is 18.0 Å². The summed E-state index contributed by atoms with van der Waals surface area (Å²) in [4.78, 5) is 35.1. The first kappa shape index (κ1) is 19.7. The van der Waals surface area contributed by atoms with Crippen LogP contribution in [0.25, 0.3) is 27.8 Å². The molecular weight excluding hydrogens is 402 g/mol. The van der Waals surface area contributed by atoms with E-state index in [4.69, 9.17) is 4.98 Å². The van der Waals surface area contributed by atoms with E-state index < -0.39 is 0 Å². The van der Waals surface area contributed by atoms with E-state index in [2.05, 4.69) is 10.3 Å². The van der Waals surface area contributed by atoms with Crippen molar-refractivity contribution < 1.29 is 4.79 Å². The standard InChI is InChI=1S/C25H21N5O2/c1-16-8-6-12-19-21(16)26-15-29(25(19)32)14-20(31)27-24-22(18-10-4-3-5-11-18)28-23-17(2)9-7-13-30(23)24/h3-13,15H,14H2,1-2H3,(H,27,31). The number of hydrogen-bond acceptors (Lipinski definition) is 4. The van der Waals surface area contributed by atoms with Gasteiger partial charge in [-0.2, -0.15) is 0 Å². The van der Waals surface area contributed by atoms with Gasteiger partial charge in [0.2, 0.25) is 5.91 Å². The minimum Gasteiger partial charge on any atom is -0.308 e. The number of para-hydroxylation sites is 1. The maximum Gasteiger partial charge on any atom is 0.261 e. The van der Waals surface area contributed by atoms with Crippen molar-refractivity contribution in [2.75, 3.05) is 5.32 Å². The van der Waals surface area contributed by atoms with Gasteiger partial charge in [-0.05, 0) is 37.1 Å². The van der Waals surface area contributed by atoms with Crippen LogP contribution in [0.1, 0.15) is 11.1 Å². The third kappa shape index (κ3) is 3.33. The van der Waals surface area contributed by atoms with Crippen molar-refractivity contribution in [2.24, 2.45) is 0 Å². The normalized spacial score (nSPS) is 11.2. The van der Waals surface area contributed by atoms with Crippen LogP contribution < -0.4 is 10.9 Å². The van der Waals surface area contributed by atoms with E-state index in [0.29, 0.717) is 22.4 Å². The molecule has 1 N–H and O–H groups in total. The second-order valence-electron chi connectivity index (χ2n) is 7.76. The molecule has 0 aliphatic carbocycles. The second-order valence-corrected chi connectivity index (χ2v) is 7.76. The summed E-state index contributed by atoms with van der Waals surface area (Å²) in [5.74, 6) is 0.235. The Labute approximate surface area is 184 Å². The Hall–Kier alpha value is -4.26. The topological polar surface area (TPSA) is 81.3 Å². The molecule has 5 rings (SSSR count). The second kappa shape index (κ2) is 7.77. The fourth-order valence-corrected chi connectivity index (χ4v) is 3.90. The minimum absolute atomic E-state index is 0.150. The van der Waals surface area contributed by atoms with E-state index >= 15 is 0 Å². The van der Waals surface area contributed by atoms with Gasteiger partial charge in [0.05, 0.1) is 17.2 Å². The number of fused-ring (bicyclic) bond motifs is 2. The number of anilines is 1. The van der Waals surface area contributed by atoms with Crippen LogP contribution in [-0.2, 0) is 11.3 Å². The molecule has 0 spiro atoms. The molecule has 32 heavy (non-hydrogen) atoms. The summed E-state index contributed by atoms with van der Waals surface area (Å²) < 4.78 is 3.19. The number of imidazole rings is 1. The molecule has 0 saturated heterocycles. The van der Waals surface area contributed by atoms with E-state index in [9.17, 15) is 9.59 Å². The summed E-state index contributed by atoms with van der Waals surface area (Å²) in [6, 6.07) is 19.0. The highest BCUT2D eigenvalue weighted by molar-refractivity contribution is 5.94.